The van der Waals surface area contributed by atoms with Crippen LogP contribution in [0.2, 0.25) is 0 Å². The van der Waals surface area contributed by atoms with Crippen LogP contribution in [0.25, 0.3) is 0 Å². The molecule has 4 nitrogen and oxygen atoms in total. The van der Waals surface area contributed by atoms with Crippen LogP contribution < -0.4 is 5.32 Å². The zero-order chi connectivity index (χ0) is 16.0. The summed E-state index contributed by atoms with van der Waals surface area (Å²) in [5.41, 5.74) is 1.99. The van der Waals surface area contributed by atoms with E-state index >= 15 is 0 Å². The predicted molar refractivity (Wildman–Crippen MR) is 85.4 cm³/mol. The largest absolute Gasteiger partial charge is 0.354 e. The first-order valence-electron chi connectivity index (χ1n) is 7.99. The van der Waals surface area contributed by atoms with Crippen LogP contribution >= 0.6 is 0 Å². The monoisotopic (exact) mass is 321 g/mol. The van der Waals surface area contributed by atoms with Gasteiger partial charge in [-0.05, 0) is 49.7 Å². The number of rotatable bonds is 4. The number of fused-ring (bicyclic) bond motifs is 1. The van der Waals surface area contributed by atoms with E-state index in [1.54, 1.807) is 12.1 Å². The molecule has 1 heterocycles. The van der Waals surface area contributed by atoms with Gasteiger partial charge in [0.05, 0.1) is 4.90 Å². The van der Waals surface area contributed by atoms with Crippen molar-refractivity contribution in [2.45, 2.75) is 56.1 Å². The smallest absolute Gasteiger partial charge is 0.239 e. The number of hydrogen-bond donors (Lipinski definition) is 1. The Kier molecular flexibility index (Phi) is 3.79. The van der Waals surface area contributed by atoms with Crippen molar-refractivity contribution in [2.24, 2.45) is 5.41 Å². The molecular weight excluding hydrogens is 298 g/mol. The molecule has 1 amide bonds. The molecule has 1 aliphatic carbocycles. The highest BCUT2D eigenvalue weighted by molar-refractivity contribution is 7.93. The van der Waals surface area contributed by atoms with E-state index in [0.29, 0.717) is 17.9 Å². The number of carbonyl (C=O) groups excluding carboxylic acids is 1. The molecule has 5 heteroatoms. The molecule has 1 aromatic carbocycles. The first-order valence-corrected chi connectivity index (χ1v) is 9.54. The van der Waals surface area contributed by atoms with Gasteiger partial charge in [0.15, 0.2) is 9.84 Å². The molecule has 120 valence electrons. The average Bonchev–Trinajstić information content (AvgIpc) is 2.69. The Bertz CT molecular complexity index is 699. The lowest BCUT2D eigenvalue weighted by Gasteiger charge is -2.41. The number of amides is 1. The summed E-state index contributed by atoms with van der Waals surface area (Å²) in [5, 5.41) is 1.95. The Hall–Kier alpha value is -1.36. The van der Waals surface area contributed by atoms with Crippen LogP contribution in [-0.2, 0) is 21.1 Å². The van der Waals surface area contributed by atoms with Crippen LogP contribution in [0.5, 0.6) is 0 Å². The van der Waals surface area contributed by atoms with E-state index in [4.69, 9.17) is 0 Å². The Morgan fingerprint density at radius 1 is 1.36 bits per heavy atom. The second-order valence-corrected chi connectivity index (χ2v) is 8.87. The van der Waals surface area contributed by atoms with E-state index in [2.05, 4.69) is 12.2 Å². The summed E-state index contributed by atoms with van der Waals surface area (Å²) >= 11 is 0. The number of benzene rings is 1. The molecular formula is C17H23NO3S. The van der Waals surface area contributed by atoms with E-state index in [9.17, 15) is 13.2 Å². The zero-order valence-electron chi connectivity index (χ0n) is 13.2. The van der Waals surface area contributed by atoms with Crippen molar-refractivity contribution in [3.8, 4) is 0 Å². The van der Waals surface area contributed by atoms with Gasteiger partial charge in [-0.1, -0.05) is 31.0 Å². The summed E-state index contributed by atoms with van der Waals surface area (Å²) in [4.78, 5) is 12.8. The van der Waals surface area contributed by atoms with Crippen LogP contribution in [-0.4, -0.2) is 26.1 Å². The van der Waals surface area contributed by atoms with Crippen LogP contribution in [0.15, 0.2) is 23.1 Å². The summed E-state index contributed by atoms with van der Waals surface area (Å²) in [6, 6.07) is 5.30. The third-order valence-corrected chi connectivity index (χ3v) is 7.54. The molecule has 22 heavy (non-hydrogen) atoms. The molecule has 0 saturated heterocycles. The number of hydrogen-bond acceptors (Lipinski definition) is 3. The number of carbonyl (C=O) groups is 1. The fourth-order valence-corrected chi connectivity index (χ4v) is 5.40. The maximum Gasteiger partial charge on any atom is 0.239 e. The molecule has 1 fully saturated rings. The molecule has 1 aromatic rings. The lowest BCUT2D eigenvalue weighted by atomic mass is 9.67. The second-order valence-electron chi connectivity index (χ2n) is 6.77. The summed E-state index contributed by atoms with van der Waals surface area (Å²) in [6.45, 7) is 4.67. The van der Waals surface area contributed by atoms with Gasteiger partial charge in [0.2, 0.25) is 5.91 Å². The topological polar surface area (TPSA) is 63.2 Å². The summed E-state index contributed by atoms with van der Waals surface area (Å²) < 4.78 is 25.1. The molecule has 2 aliphatic rings. The second kappa shape index (κ2) is 5.37. The predicted octanol–water partition coefficient (Wildman–Crippen LogP) is 2.39. The van der Waals surface area contributed by atoms with Crippen molar-refractivity contribution >= 4 is 15.7 Å². The maximum atomic E-state index is 12.6. The summed E-state index contributed by atoms with van der Waals surface area (Å²) in [7, 11) is -3.54. The molecule has 0 bridgehead atoms. The van der Waals surface area contributed by atoms with E-state index in [1.165, 1.54) is 6.42 Å². The SMILES string of the molecule is CCC1(CNC(=O)[C@@H]2Cc3cc(C)ccc3S2(=O)=O)CCC1. The Balaban J connectivity index is 1.74. The van der Waals surface area contributed by atoms with Gasteiger partial charge in [-0.3, -0.25) is 4.79 Å². The normalized spacial score (nSPS) is 24.4. The van der Waals surface area contributed by atoms with E-state index in [1.807, 2.05) is 13.0 Å². The summed E-state index contributed by atoms with van der Waals surface area (Å²) in [5.74, 6) is -0.339. The van der Waals surface area contributed by atoms with Crippen LogP contribution in [0.1, 0.15) is 43.7 Å². The first kappa shape index (κ1) is 15.5. The lowest BCUT2D eigenvalue weighted by Crippen LogP contribution is -2.46. The highest BCUT2D eigenvalue weighted by Crippen LogP contribution is 2.43. The van der Waals surface area contributed by atoms with E-state index in [0.717, 1.165) is 30.4 Å². The molecule has 1 saturated carbocycles. The minimum absolute atomic E-state index is 0.196. The van der Waals surface area contributed by atoms with E-state index < -0.39 is 15.1 Å². The molecule has 1 N–H and O–H groups in total. The van der Waals surface area contributed by atoms with Crippen molar-refractivity contribution in [3.63, 3.8) is 0 Å². The fraction of sp³-hybridized carbons (Fsp3) is 0.588. The number of aryl methyl sites for hydroxylation is 1. The van der Waals surface area contributed by atoms with Crippen molar-refractivity contribution in [1.29, 1.82) is 0 Å². The lowest BCUT2D eigenvalue weighted by molar-refractivity contribution is -0.121. The quantitative estimate of drug-likeness (QED) is 0.926. The van der Waals surface area contributed by atoms with Crippen molar-refractivity contribution in [1.82, 2.24) is 5.32 Å². The Labute approximate surface area is 132 Å². The van der Waals surface area contributed by atoms with Crippen molar-refractivity contribution < 1.29 is 13.2 Å². The first-order chi connectivity index (χ1) is 10.4. The third-order valence-electron chi connectivity index (χ3n) is 5.40. The van der Waals surface area contributed by atoms with Gasteiger partial charge < -0.3 is 5.32 Å². The van der Waals surface area contributed by atoms with Crippen LogP contribution in [0.4, 0.5) is 0 Å². The van der Waals surface area contributed by atoms with Crippen LogP contribution in [0.3, 0.4) is 0 Å². The molecule has 0 unspecified atom stereocenters. The molecule has 0 spiro atoms. The number of nitrogens with one attached hydrogen (secondary N) is 1. The Morgan fingerprint density at radius 2 is 2.09 bits per heavy atom. The zero-order valence-corrected chi connectivity index (χ0v) is 14.0. The molecule has 1 atom stereocenters. The van der Waals surface area contributed by atoms with Crippen molar-refractivity contribution in [3.05, 3.63) is 29.3 Å². The highest BCUT2D eigenvalue weighted by atomic mass is 32.2. The molecule has 1 aliphatic heterocycles. The van der Waals surface area contributed by atoms with Crippen molar-refractivity contribution in [2.75, 3.05) is 6.54 Å². The van der Waals surface area contributed by atoms with Gasteiger partial charge in [0, 0.05) is 6.54 Å². The third kappa shape index (κ3) is 2.45. The number of sulfone groups is 1. The average molecular weight is 321 g/mol. The van der Waals surface area contributed by atoms with Gasteiger partial charge in [-0.2, -0.15) is 0 Å². The summed E-state index contributed by atoms with van der Waals surface area (Å²) in [6.07, 6.45) is 4.78. The maximum absolute atomic E-state index is 12.6. The minimum atomic E-state index is -3.54. The molecule has 0 aromatic heterocycles. The molecule has 3 rings (SSSR count). The van der Waals surface area contributed by atoms with Gasteiger partial charge in [0.1, 0.15) is 5.25 Å². The fourth-order valence-electron chi connectivity index (χ4n) is 3.56. The highest BCUT2D eigenvalue weighted by Gasteiger charge is 2.43. The Morgan fingerprint density at radius 3 is 2.68 bits per heavy atom. The molecule has 0 radical (unpaired) electrons. The van der Waals surface area contributed by atoms with Crippen LogP contribution in [0, 0.1) is 12.3 Å². The van der Waals surface area contributed by atoms with Gasteiger partial charge in [-0.25, -0.2) is 8.42 Å². The standard InChI is InChI=1S/C17H23NO3S/c1-3-17(7-4-8-17)11-18-16(19)15-10-13-9-12(2)5-6-14(13)22(15,20)21/h5-6,9,15H,3-4,7-8,10-11H2,1-2H3,(H,18,19)/t15-/m0/s1. The minimum Gasteiger partial charge on any atom is -0.354 e. The van der Waals surface area contributed by atoms with Gasteiger partial charge in [-0.15, -0.1) is 0 Å². The van der Waals surface area contributed by atoms with Gasteiger partial charge >= 0.3 is 0 Å². The van der Waals surface area contributed by atoms with E-state index in [-0.39, 0.29) is 11.3 Å². The van der Waals surface area contributed by atoms with Gasteiger partial charge in [0.25, 0.3) is 0 Å².